The lowest BCUT2D eigenvalue weighted by Gasteiger charge is -2.14. The summed E-state index contributed by atoms with van der Waals surface area (Å²) in [6, 6.07) is 6.48. The van der Waals surface area contributed by atoms with Gasteiger partial charge in [0.1, 0.15) is 0 Å². The first-order valence-corrected chi connectivity index (χ1v) is 7.21. The van der Waals surface area contributed by atoms with Gasteiger partial charge in [-0.2, -0.15) is 5.10 Å². The molecule has 0 bridgehead atoms. The second-order valence-corrected chi connectivity index (χ2v) is 5.62. The molecule has 0 spiro atoms. The number of amides is 2. The zero-order valence-corrected chi connectivity index (χ0v) is 12.4. The maximum atomic E-state index is 11.2. The van der Waals surface area contributed by atoms with Gasteiger partial charge in [0.2, 0.25) is 0 Å². The van der Waals surface area contributed by atoms with E-state index in [9.17, 15) is 9.59 Å². The van der Waals surface area contributed by atoms with Crippen LogP contribution in [0.5, 0.6) is 0 Å². The molecule has 2 rings (SSSR count). The first-order chi connectivity index (χ1) is 10.1. The highest BCUT2D eigenvalue weighted by Gasteiger charge is 2.17. The van der Waals surface area contributed by atoms with Gasteiger partial charge in [0, 0.05) is 26.8 Å². The van der Waals surface area contributed by atoms with E-state index in [1.54, 1.807) is 24.3 Å². The molecule has 1 aromatic carbocycles. The second-order valence-electron chi connectivity index (χ2n) is 4.10. The van der Waals surface area contributed by atoms with Crippen LogP contribution in [-0.2, 0) is 4.79 Å². The molecular weight excluding hydrogens is 310 g/mol. The lowest BCUT2D eigenvalue weighted by Crippen LogP contribution is -2.26. The van der Waals surface area contributed by atoms with Gasteiger partial charge >= 0.3 is 6.03 Å². The SMILES string of the molecule is NC(=O)NN=C1CC=CC(C=O)=C1Sc1ccc(Cl)cc1. The summed E-state index contributed by atoms with van der Waals surface area (Å²) in [5.41, 5.74) is 8.29. The summed E-state index contributed by atoms with van der Waals surface area (Å²) in [5.74, 6) is 0. The smallest absolute Gasteiger partial charge is 0.332 e. The second kappa shape index (κ2) is 7.10. The van der Waals surface area contributed by atoms with Crippen LogP contribution < -0.4 is 11.2 Å². The van der Waals surface area contributed by atoms with Gasteiger partial charge in [0.05, 0.1) is 5.71 Å². The number of nitrogens with zero attached hydrogens (tertiary/aromatic N) is 1. The Hall–Kier alpha value is -2.05. The highest BCUT2D eigenvalue weighted by Crippen LogP contribution is 2.33. The number of rotatable bonds is 4. The minimum Gasteiger partial charge on any atom is -0.350 e. The number of benzene rings is 1. The number of hydrazone groups is 1. The number of thioether (sulfide) groups is 1. The van der Waals surface area contributed by atoms with Crippen molar-refractivity contribution < 1.29 is 9.59 Å². The molecule has 7 heteroatoms. The fourth-order valence-electron chi connectivity index (χ4n) is 1.68. The maximum Gasteiger partial charge on any atom is 0.332 e. The third-order valence-corrected chi connectivity index (χ3v) is 4.03. The van der Waals surface area contributed by atoms with E-state index in [2.05, 4.69) is 10.5 Å². The number of hydrogen-bond donors (Lipinski definition) is 2. The van der Waals surface area contributed by atoms with Crippen LogP contribution in [0.15, 0.2) is 56.9 Å². The number of carbonyl (C=O) groups is 2. The zero-order chi connectivity index (χ0) is 15.2. The van der Waals surface area contributed by atoms with E-state index in [1.165, 1.54) is 11.8 Å². The number of aldehydes is 1. The van der Waals surface area contributed by atoms with Crippen LogP contribution in [0.3, 0.4) is 0 Å². The summed E-state index contributed by atoms with van der Waals surface area (Å²) in [7, 11) is 0. The Morgan fingerprint density at radius 1 is 1.38 bits per heavy atom. The molecule has 0 aromatic heterocycles. The first kappa shape index (κ1) is 15.3. The van der Waals surface area contributed by atoms with E-state index in [4.69, 9.17) is 17.3 Å². The highest BCUT2D eigenvalue weighted by molar-refractivity contribution is 8.04. The number of urea groups is 1. The molecule has 0 unspecified atom stereocenters. The van der Waals surface area contributed by atoms with E-state index in [0.29, 0.717) is 27.6 Å². The fourth-order valence-corrected chi connectivity index (χ4v) is 2.80. The van der Waals surface area contributed by atoms with E-state index >= 15 is 0 Å². The molecule has 1 aromatic rings. The third kappa shape index (κ3) is 4.21. The predicted molar refractivity (Wildman–Crippen MR) is 84.3 cm³/mol. The highest BCUT2D eigenvalue weighted by atomic mass is 35.5. The van der Waals surface area contributed by atoms with Crippen LogP contribution in [0.2, 0.25) is 5.02 Å². The maximum absolute atomic E-state index is 11.2. The van der Waals surface area contributed by atoms with Crippen LogP contribution in [0, 0.1) is 0 Å². The lowest BCUT2D eigenvalue weighted by molar-refractivity contribution is -0.104. The molecule has 0 fully saturated rings. The predicted octanol–water partition coefficient (Wildman–Crippen LogP) is 2.87. The molecule has 1 aliphatic rings. The van der Waals surface area contributed by atoms with Crippen molar-refractivity contribution in [3.63, 3.8) is 0 Å². The number of halogens is 1. The number of nitrogens with one attached hydrogen (secondary N) is 1. The Balaban J connectivity index is 2.32. The van der Waals surface area contributed by atoms with Crippen molar-refractivity contribution in [3.8, 4) is 0 Å². The summed E-state index contributed by atoms with van der Waals surface area (Å²) in [4.78, 5) is 23.6. The molecule has 0 radical (unpaired) electrons. The summed E-state index contributed by atoms with van der Waals surface area (Å²) in [5, 5.41) is 4.59. The molecule has 21 heavy (non-hydrogen) atoms. The van der Waals surface area contributed by atoms with Crippen molar-refractivity contribution in [1.29, 1.82) is 0 Å². The summed E-state index contributed by atoms with van der Waals surface area (Å²) in [6.45, 7) is 0. The Kier molecular flexibility index (Phi) is 5.19. The topological polar surface area (TPSA) is 84.6 Å². The molecule has 0 saturated carbocycles. The van der Waals surface area contributed by atoms with Crippen LogP contribution in [0.4, 0.5) is 4.79 Å². The molecule has 0 atom stereocenters. The molecule has 2 amide bonds. The molecule has 0 aliphatic heterocycles. The molecule has 0 saturated heterocycles. The van der Waals surface area contributed by atoms with Gasteiger partial charge in [0.15, 0.2) is 6.29 Å². The average Bonchev–Trinajstić information content (AvgIpc) is 2.48. The van der Waals surface area contributed by atoms with Crippen molar-refractivity contribution in [2.75, 3.05) is 0 Å². The monoisotopic (exact) mass is 321 g/mol. The van der Waals surface area contributed by atoms with Crippen molar-refractivity contribution in [2.24, 2.45) is 10.8 Å². The average molecular weight is 322 g/mol. The van der Waals surface area contributed by atoms with Gasteiger partial charge in [-0.3, -0.25) is 4.79 Å². The Labute approximate surface area is 130 Å². The summed E-state index contributed by atoms with van der Waals surface area (Å²) < 4.78 is 0. The molecule has 1 aliphatic carbocycles. The normalized spacial score (nSPS) is 16.1. The quantitative estimate of drug-likeness (QED) is 0.660. The molecular formula is C14H12ClN3O2S. The fraction of sp³-hybridized carbons (Fsp3) is 0.0714. The molecule has 5 nitrogen and oxygen atoms in total. The van der Waals surface area contributed by atoms with E-state index in [0.717, 1.165) is 11.2 Å². The largest absolute Gasteiger partial charge is 0.350 e. The van der Waals surface area contributed by atoms with Crippen LogP contribution in [0.1, 0.15) is 6.42 Å². The number of carbonyl (C=O) groups excluding carboxylic acids is 2. The minimum atomic E-state index is -0.749. The van der Waals surface area contributed by atoms with E-state index in [-0.39, 0.29) is 0 Å². The molecule has 0 heterocycles. The van der Waals surface area contributed by atoms with Gasteiger partial charge in [-0.1, -0.05) is 35.5 Å². The van der Waals surface area contributed by atoms with E-state index in [1.807, 2.05) is 12.1 Å². The number of hydrogen-bond acceptors (Lipinski definition) is 4. The third-order valence-electron chi connectivity index (χ3n) is 2.59. The summed E-state index contributed by atoms with van der Waals surface area (Å²) in [6.07, 6.45) is 4.80. The van der Waals surface area contributed by atoms with Crippen molar-refractivity contribution >= 4 is 41.4 Å². The van der Waals surface area contributed by atoms with Gasteiger partial charge < -0.3 is 5.73 Å². The number of nitrogens with two attached hydrogens (primary N) is 1. The van der Waals surface area contributed by atoms with Gasteiger partial charge in [-0.25, -0.2) is 10.2 Å². The van der Waals surface area contributed by atoms with Crippen molar-refractivity contribution in [2.45, 2.75) is 11.3 Å². The van der Waals surface area contributed by atoms with Gasteiger partial charge in [0.25, 0.3) is 0 Å². The summed E-state index contributed by atoms with van der Waals surface area (Å²) >= 11 is 7.23. The first-order valence-electron chi connectivity index (χ1n) is 6.02. The van der Waals surface area contributed by atoms with Gasteiger partial charge in [-0.15, -0.1) is 0 Å². The van der Waals surface area contributed by atoms with E-state index < -0.39 is 6.03 Å². The van der Waals surface area contributed by atoms with Crippen molar-refractivity contribution in [1.82, 2.24) is 5.43 Å². The van der Waals surface area contributed by atoms with Crippen molar-refractivity contribution in [3.05, 3.63) is 51.9 Å². The zero-order valence-electron chi connectivity index (χ0n) is 10.9. The Morgan fingerprint density at radius 3 is 2.71 bits per heavy atom. The number of primary amides is 1. The van der Waals surface area contributed by atoms with Crippen LogP contribution in [-0.4, -0.2) is 18.0 Å². The molecule has 3 N–H and O–H groups in total. The standard InChI is InChI=1S/C14H12ClN3O2S/c15-10-4-6-11(7-5-10)21-13-9(8-19)2-1-3-12(13)17-18-14(16)20/h1-2,4-8H,3H2,(H3,16,18,20). The van der Waals surface area contributed by atoms with Crippen LogP contribution in [0.25, 0.3) is 0 Å². The molecule has 108 valence electrons. The minimum absolute atomic E-state index is 0.506. The Bertz CT molecular complexity index is 651. The van der Waals surface area contributed by atoms with Crippen LogP contribution >= 0.6 is 23.4 Å². The Morgan fingerprint density at radius 2 is 2.10 bits per heavy atom. The van der Waals surface area contributed by atoms with Gasteiger partial charge in [-0.05, 0) is 24.3 Å². The lowest BCUT2D eigenvalue weighted by atomic mass is 10.1. The number of allylic oxidation sites excluding steroid dienone is 4.